The van der Waals surface area contributed by atoms with Crippen LogP contribution in [0.5, 0.6) is 0 Å². The summed E-state index contributed by atoms with van der Waals surface area (Å²) >= 11 is 1.59. The first-order chi connectivity index (χ1) is 14.9. The number of halogens is 1. The molecule has 0 unspecified atom stereocenters. The molecule has 9 heteroatoms. The van der Waals surface area contributed by atoms with Crippen LogP contribution in [0.25, 0.3) is 10.2 Å². The normalized spacial score (nSPS) is 13.1. The van der Waals surface area contributed by atoms with Crippen LogP contribution < -0.4 is 10.9 Å². The Hall–Kier alpha value is -3.07. The van der Waals surface area contributed by atoms with Gasteiger partial charge in [0.25, 0.3) is 5.56 Å². The van der Waals surface area contributed by atoms with Gasteiger partial charge >= 0.3 is 0 Å². The molecule has 1 aromatic carbocycles. The molecule has 0 spiro atoms. The van der Waals surface area contributed by atoms with Gasteiger partial charge in [0.15, 0.2) is 0 Å². The van der Waals surface area contributed by atoms with Crippen molar-refractivity contribution in [2.45, 2.75) is 38.6 Å². The van der Waals surface area contributed by atoms with E-state index in [1.54, 1.807) is 17.4 Å². The molecule has 0 aliphatic heterocycles. The lowest BCUT2D eigenvalue weighted by atomic mass is 9.97. The number of amides is 2. The number of aromatic nitrogens is 2. The van der Waals surface area contributed by atoms with Crippen molar-refractivity contribution in [3.05, 3.63) is 57.2 Å². The van der Waals surface area contributed by atoms with Gasteiger partial charge in [-0.25, -0.2) is 9.37 Å². The summed E-state index contributed by atoms with van der Waals surface area (Å²) in [5.74, 6) is -1.15. The number of benzene rings is 1. The molecule has 2 heterocycles. The molecule has 0 bridgehead atoms. The predicted molar refractivity (Wildman–Crippen MR) is 118 cm³/mol. The molecule has 31 heavy (non-hydrogen) atoms. The van der Waals surface area contributed by atoms with Crippen LogP contribution in [-0.2, 0) is 29.0 Å². The van der Waals surface area contributed by atoms with Crippen LogP contribution in [0.4, 0.5) is 10.1 Å². The molecule has 4 rings (SSSR count). The zero-order valence-electron chi connectivity index (χ0n) is 17.2. The fourth-order valence-electron chi connectivity index (χ4n) is 3.82. The van der Waals surface area contributed by atoms with Crippen molar-refractivity contribution in [3.8, 4) is 0 Å². The number of likely N-dealkylation sites (N-methyl/N-ethyl adjacent to an activating group) is 1. The first kappa shape index (κ1) is 21.2. The predicted octanol–water partition coefficient (Wildman–Crippen LogP) is 2.96. The molecule has 0 fully saturated rings. The summed E-state index contributed by atoms with van der Waals surface area (Å²) in [6, 6.07) is 5.55. The number of aryl methyl sites for hydroxylation is 3. The maximum absolute atomic E-state index is 13.2. The second-order valence-electron chi connectivity index (χ2n) is 7.69. The lowest BCUT2D eigenvalue weighted by Gasteiger charge is -2.17. The van der Waals surface area contributed by atoms with Crippen molar-refractivity contribution in [2.24, 2.45) is 0 Å². The van der Waals surface area contributed by atoms with Crippen LogP contribution in [0, 0.1) is 5.82 Å². The van der Waals surface area contributed by atoms with Crippen molar-refractivity contribution in [2.75, 3.05) is 18.9 Å². The van der Waals surface area contributed by atoms with Crippen molar-refractivity contribution in [3.63, 3.8) is 0 Å². The van der Waals surface area contributed by atoms with Gasteiger partial charge in [0, 0.05) is 30.6 Å². The minimum Gasteiger partial charge on any atom is -0.336 e. The van der Waals surface area contributed by atoms with Crippen molar-refractivity contribution in [1.82, 2.24) is 14.5 Å². The number of fused-ring (bicyclic) bond motifs is 3. The highest BCUT2D eigenvalue weighted by molar-refractivity contribution is 7.18. The summed E-state index contributed by atoms with van der Waals surface area (Å²) in [5.41, 5.74) is 1.34. The molecule has 0 atom stereocenters. The Balaban J connectivity index is 1.38. The highest BCUT2D eigenvalue weighted by atomic mass is 32.1. The molecule has 162 valence electrons. The second kappa shape index (κ2) is 8.97. The number of rotatable bonds is 6. The first-order valence-electron chi connectivity index (χ1n) is 10.2. The standard InChI is InChI=1S/C22H23FN4O3S/c1-26(12-18(28)25-15-6-4-5-14(23)11-15)19(29)9-10-27-13-24-21-20(22(27)30)16-7-2-3-8-17(16)31-21/h4-6,11,13H,2-3,7-10,12H2,1H3,(H,25,28). The molecule has 7 nitrogen and oxygen atoms in total. The molecule has 0 saturated carbocycles. The Labute approximate surface area is 182 Å². The number of nitrogens with one attached hydrogen (secondary N) is 1. The van der Waals surface area contributed by atoms with Gasteiger partial charge in [0.2, 0.25) is 11.8 Å². The molecule has 1 N–H and O–H groups in total. The van der Waals surface area contributed by atoms with Crippen molar-refractivity contribution >= 4 is 39.1 Å². The largest absolute Gasteiger partial charge is 0.336 e. The van der Waals surface area contributed by atoms with E-state index in [2.05, 4.69) is 10.3 Å². The summed E-state index contributed by atoms with van der Waals surface area (Å²) in [6.45, 7) is 0.0284. The molecule has 0 saturated heterocycles. The van der Waals surface area contributed by atoms with Crippen molar-refractivity contribution in [1.29, 1.82) is 0 Å². The fourth-order valence-corrected chi connectivity index (χ4v) is 5.04. The van der Waals surface area contributed by atoms with E-state index in [1.807, 2.05) is 0 Å². The molecule has 1 aliphatic carbocycles. The van der Waals surface area contributed by atoms with Crippen LogP contribution in [-0.4, -0.2) is 39.9 Å². The topological polar surface area (TPSA) is 84.3 Å². The number of nitrogens with zero attached hydrogens (tertiary/aromatic N) is 3. The maximum atomic E-state index is 13.2. The van der Waals surface area contributed by atoms with Crippen LogP contribution in [0.15, 0.2) is 35.4 Å². The number of hydrogen-bond acceptors (Lipinski definition) is 5. The van der Waals surface area contributed by atoms with Gasteiger partial charge in [-0.3, -0.25) is 19.0 Å². The third-order valence-electron chi connectivity index (χ3n) is 5.42. The Morgan fingerprint density at radius 3 is 2.90 bits per heavy atom. The molecular weight excluding hydrogens is 419 g/mol. The van der Waals surface area contributed by atoms with Gasteiger partial charge in [-0.15, -0.1) is 11.3 Å². The highest BCUT2D eigenvalue weighted by Crippen LogP contribution is 2.33. The summed E-state index contributed by atoms with van der Waals surface area (Å²) in [6.07, 6.45) is 5.69. The number of carbonyl (C=O) groups is 2. The Bertz CT molecular complexity index is 1200. The van der Waals surface area contributed by atoms with Crippen LogP contribution in [0.3, 0.4) is 0 Å². The average molecular weight is 443 g/mol. The third-order valence-corrected chi connectivity index (χ3v) is 6.62. The number of anilines is 1. The Morgan fingerprint density at radius 1 is 1.29 bits per heavy atom. The Kier molecular flexibility index (Phi) is 6.13. The molecule has 1 aliphatic rings. The average Bonchev–Trinajstić information content (AvgIpc) is 3.12. The lowest BCUT2D eigenvalue weighted by Crippen LogP contribution is -2.36. The second-order valence-corrected chi connectivity index (χ2v) is 8.78. The highest BCUT2D eigenvalue weighted by Gasteiger charge is 2.20. The smallest absolute Gasteiger partial charge is 0.262 e. The lowest BCUT2D eigenvalue weighted by molar-refractivity contribution is -0.133. The van der Waals surface area contributed by atoms with Crippen LogP contribution >= 0.6 is 11.3 Å². The number of thiophene rings is 1. The Morgan fingerprint density at radius 2 is 2.10 bits per heavy atom. The van der Waals surface area contributed by atoms with Gasteiger partial charge in [0.05, 0.1) is 18.3 Å². The van der Waals surface area contributed by atoms with E-state index in [4.69, 9.17) is 0 Å². The van der Waals surface area contributed by atoms with Gasteiger partial charge in [-0.1, -0.05) is 6.07 Å². The van der Waals surface area contributed by atoms with E-state index in [-0.39, 0.29) is 31.0 Å². The third kappa shape index (κ3) is 4.66. The van der Waals surface area contributed by atoms with Gasteiger partial charge in [-0.2, -0.15) is 0 Å². The molecule has 2 aromatic heterocycles. The first-order valence-corrected chi connectivity index (χ1v) is 11.0. The minimum absolute atomic E-state index is 0.0726. The van der Waals surface area contributed by atoms with Gasteiger partial charge in [-0.05, 0) is 49.4 Å². The summed E-state index contributed by atoms with van der Waals surface area (Å²) < 4.78 is 14.7. The van der Waals surface area contributed by atoms with E-state index >= 15 is 0 Å². The van der Waals surface area contributed by atoms with E-state index in [0.29, 0.717) is 11.1 Å². The number of carbonyl (C=O) groups excluding carboxylic acids is 2. The van der Waals surface area contributed by atoms with E-state index < -0.39 is 11.7 Å². The summed E-state index contributed by atoms with van der Waals surface area (Å²) in [7, 11) is 1.52. The monoisotopic (exact) mass is 442 g/mol. The van der Waals surface area contributed by atoms with Gasteiger partial charge < -0.3 is 10.2 Å². The molecule has 2 amide bonds. The maximum Gasteiger partial charge on any atom is 0.262 e. The summed E-state index contributed by atoms with van der Waals surface area (Å²) in [5, 5.41) is 3.25. The van der Waals surface area contributed by atoms with E-state index in [9.17, 15) is 18.8 Å². The minimum atomic E-state index is -0.454. The quantitative estimate of drug-likeness (QED) is 0.636. The van der Waals surface area contributed by atoms with Gasteiger partial charge in [0.1, 0.15) is 10.6 Å². The molecular formula is C22H23FN4O3S. The SMILES string of the molecule is CN(CC(=O)Nc1cccc(F)c1)C(=O)CCn1cnc2sc3c(c2c1=O)CCCC3. The van der Waals surface area contributed by atoms with Crippen molar-refractivity contribution < 1.29 is 14.0 Å². The summed E-state index contributed by atoms with van der Waals surface area (Å²) in [4.78, 5) is 45.3. The van der Waals surface area contributed by atoms with E-state index in [0.717, 1.165) is 36.1 Å². The zero-order chi connectivity index (χ0) is 22.0. The molecule has 0 radical (unpaired) electrons. The zero-order valence-corrected chi connectivity index (χ0v) is 18.0. The fraction of sp³-hybridized carbons (Fsp3) is 0.364. The molecule has 3 aromatic rings. The van der Waals surface area contributed by atoms with E-state index in [1.165, 1.54) is 45.9 Å². The van der Waals surface area contributed by atoms with Crippen LogP contribution in [0.2, 0.25) is 0 Å². The number of hydrogen-bond donors (Lipinski definition) is 1. The van der Waals surface area contributed by atoms with Crippen LogP contribution in [0.1, 0.15) is 29.7 Å².